The Morgan fingerprint density at radius 1 is 1.00 bits per heavy atom. The monoisotopic (exact) mass is 358 g/mol. The van der Waals surface area contributed by atoms with Crippen molar-refractivity contribution in [2.45, 2.75) is 63.9 Å². The Balaban J connectivity index is 1.15. The molecule has 26 heavy (non-hydrogen) atoms. The summed E-state index contributed by atoms with van der Waals surface area (Å²) in [6.07, 6.45) is 13.5. The Labute approximate surface area is 155 Å². The van der Waals surface area contributed by atoms with Crippen LogP contribution >= 0.6 is 0 Å². The van der Waals surface area contributed by atoms with Crippen molar-refractivity contribution in [3.8, 4) is 0 Å². The molecule has 0 saturated heterocycles. The molecule has 4 saturated carbocycles. The van der Waals surface area contributed by atoms with Crippen LogP contribution < -0.4 is 0 Å². The van der Waals surface area contributed by atoms with Gasteiger partial charge in [0.15, 0.2) is 6.61 Å². The maximum absolute atomic E-state index is 12.7. The largest absolute Gasteiger partial charge is 0.457 e. The fourth-order valence-electron chi connectivity index (χ4n) is 7.23. The molecular formula is C22H30O4. The van der Waals surface area contributed by atoms with E-state index >= 15 is 0 Å². The standard InChI is InChI=1S/C22H30O4/c1-22(7-3-2-4-8-22)26-18(23)12-25-21(24)17-11-15-10-16(17)20-14-6-5-13(9-14)19(15)20/h5-6,13-17,19-20H,2-4,7-12H2,1H3. The average Bonchev–Trinajstić information content (AvgIpc) is 3.37. The normalized spacial score (nSPS) is 44.1. The first-order valence-electron chi connectivity index (χ1n) is 10.6. The van der Waals surface area contributed by atoms with Gasteiger partial charge in [-0.1, -0.05) is 18.6 Å². The van der Waals surface area contributed by atoms with E-state index in [0.29, 0.717) is 23.7 Å². The summed E-state index contributed by atoms with van der Waals surface area (Å²) in [5.41, 5.74) is -0.364. The van der Waals surface area contributed by atoms with Gasteiger partial charge in [-0.2, -0.15) is 0 Å². The highest BCUT2D eigenvalue weighted by molar-refractivity contribution is 5.78. The van der Waals surface area contributed by atoms with Crippen LogP contribution in [0.3, 0.4) is 0 Å². The van der Waals surface area contributed by atoms with E-state index in [1.165, 1.54) is 19.3 Å². The maximum atomic E-state index is 12.7. The van der Waals surface area contributed by atoms with Gasteiger partial charge < -0.3 is 9.47 Å². The van der Waals surface area contributed by atoms with Crippen LogP contribution in [-0.2, 0) is 19.1 Å². The van der Waals surface area contributed by atoms with Crippen molar-refractivity contribution < 1.29 is 19.1 Å². The average molecular weight is 358 g/mol. The molecule has 0 amide bonds. The third kappa shape index (κ3) is 2.63. The number of allylic oxidation sites excluding steroid dienone is 2. The number of carbonyl (C=O) groups is 2. The highest BCUT2D eigenvalue weighted by atomic mass is 16.6. The summed E-state index contributed by atoms with van der Waals surface area (Å²) >= 11 is 0. The molecule has 0 aromatic rings. The molecule has 0 aromatic carbocycles. The Hall–Kier alpha value is -1.32. The molecule has 142 valence electrons. The van der Waals surface area contributed by atoms with Gasteiger partial charge in [-0.15, -0.1) is 0 Å². The van der Waals surface area contributed by atoms with Gasteiger partial charge in [0, 0.05) is 0 Å². The van der Waals surface area contributed by atoms with E-state index in [1.807, 2.05) is 6.92 Å². The highest BCUT2D eigenvalue weighted by Crippen LogP contribution is 2.67. The summed E-state index contributed by atoms with van der Waals surface area (Å²) in [6, 6.07) is 0. The fraction of sp³-hybridized carbons (Fsp3) is 0.818. The molecule has 0 aromatic heterocycles. The van der Waals surface area contributed by atoms with Gasteiger partial charge in [-0.25, -0.2) is 4.79 Å². The summed E-state index contributed by atoms with van der Waals surface area (Å²) in [6.45, 7) is 1.78. The Bertz CT molecular complexity index is 632. The minimum Gasteiger partial charge on any atom is -0.457 e. The molecule has 0 spiro atoms. The van der Waals surface area contributed by atoms with Crippen molar-refractivity contribution in [1.29, 1.82) is 0 Å². The van der Waals surface area contributed by atoms with Crippen molar-refractivity contribution >= 4 is 11.9 Å². The number of fused-ring (bicyclic) bond motifs is 9. The van der Waals surface area contributed by atoms with Gasteiger partial charge >= 0.3 is 11.9 Å². The van der Waals surface area contributed by atoms with E-state index < -0.39 is 0 Å². The quantitative estimate of drug-likeness (QED) is 0.435. The van der Waals surface area contributed by atoms with Crippen LogP contribution in [0.2, 0.25) is 0 Å². The number of rotatable bonds is 4. The van der Waals surface area contributed by atoms with E-state index in [-0.39, 0.29) is 30.1 Å². The number of ether oxygens (including phenoxy) is 2. The van der Waals surface area contributed by atoms with Crippen molar-refractivity contribution in [3.63, 3.8) is 0 Å². The van der Waals surface area contributed by atoms with Crippen LogP contribution in [0.4, 0.5) is 0 Å². The second-order valence-corrected chi connectivity index (χ2v) is 9.70. The Morgan fingerprint density at radius 3 is 2.50 bits per heavy atom. The van der Waals surface area contributed by atoms with Gasteiger partial charge in [0.1, 0.15) is 5.60 Å². The van der Waals surface area contributed by atoms with Crippen LogP contribution in [-0.4, -0.2) is 24.1 Å². The molecule has 7 unspecified atom stereocenters. The first kappa shape index (κ1) is 16.8. The molecule has 0 aliphatic heterocycles. The summed E-state index contributed by atoms with van der Waals surface area (Å²) in [7, 11) is 0. The zero-order valence-electron chi connectivity index (χ0n) is 15.7. The molecule has 5 aliphatic rings. The van der Waals surface area contributed by atoms with Crippen molar-refractivity contribution in [3.05, 3.63) is 12.2 Å². The third-order valence-electron chi connectivity index (χ3n) is 8.18. The fourth-order valence-corrected chi connectivity index (χ4v) is 7.23. The van der Waals surface area contributed by atoms with Crippen LogP contribution in [0.25, 0.3) is 0 Å². The number of carbonyl (C=O) groups excluding carboxylic acids is 2. The summed E-state index contributed by atoms with van der Waals surface area (Å²) in [4.78, 5) is 24.8. The Morgan fingerprint density at radius 2 is 1.73 bits per heavy atom. The lowest BCUT2D eigenvalue weighted by Crippen LogP contribution is -2.37. The lowest BCUT2D eigenvalue weighted by molar-refractivity contribution is -0.173. The van der Waals surface area contributed by atoms with E-state index in [0.717, 1.165) is 43.9 Å². The first-order chi connectivity index (χ1) is 12.5. The van der Waals surface area contributed by atoms with Crippen molar-refractivity contribution in [2.75, 3.05) is 6.61 Å². The minimum atomic E-state index is -0.383. The molecule has 4 fully saturated rings. The maximum Gasteiger partial charge on any atom is 0.344 e. The molecule has 4 bridgehead atoms. The van der Waals surface area contributed by atoms with E-state index in [4.69, 9.17) is 9.47 Å². The highest BCUT2D eigenvalue weighted by Gasteiger charge is 2.62. The predicted octanol–water partition coefficient (Wildman–Crippen LogP) is 3.89. The molecule has 0 heterocycles. The van der Waals surface area contributed by atoms with Gasteiger partial charge in [-0.05, 0) is 87.4 Å². The predicted molar refractivity (Wildman–Crippen MR) is 96.0 cm³/mol. The number of esters is 2. The zero-order valence-corrected chi connectivity index (χ0v) is 15.7. The third-order valence-corrected chi connectivity index (χ3v) is 8.18. The van der Waals surface area contributed by atoms with E-state index in [1.54, 1.807) is 0 Å². The van der Waals surface area contributed by atoms with Crippen LogP contribution in [0.15, 0.2) is 12.2 Å². The molecule has 5 rings (SSSR count). The first-order valence-corrected chi connectivity index (χ1v) is 10.6. The molecule has 0 N–H and O–H groups in total. The number of hydrogen-bond acceptors (Lipinski definition) is 4. The second kappa shape index (κ2) is 6.10. The van der Waals surface area contributed by atoms with E-state index in [9.17, 15) is 9.59 Å². The minimum absolute atomic E-state index is 0.00654. The second-order valence-electron chi connectivity index (χ2n) is 9.70. The molecular weight excluding hydrogens is 328 g/mol. The van der Waals surface area contributed by atoms with Crippen molar-refractivity contribution in [1.82, 2.24) is 0 Å². The van der Waals surface area contributed by atoms with Crippen LogP contribution in [0, 0.1) is 41.4 Å². The summed E-state index contributed by atoms with van der Waals surface area (Å²) < 4.78 is 11.1. The smallest absolute Gasteiger partial charge is 0.344 e. The summed E-state index contributed by atoms with van der Waals surface area (Å²) in [5, 5.41) is 0. The van der Waals surface area contributed by atoms with Crippen LogP contribution in [0.1, 0.15) is 58.3 Å². The van der Waals surface area contributed by atoms with Gasteiger partial charge in [-0.3, -0.25) is 4.79 Å². The lowest BCUT2D eigenvalue weighted by atomic mass is 9.69. The molecule has 5 aliphatic carbocycles. The molecule has 4 heteroatoms. The van der Waals surface area contributed by atoms with Crippen LogP contribution in [0.5, 0.6) is 0 Å². The zero-order chi connectivity index (χ0) is 17.9. The lowest BCUT2D eigenvalue weighted by Gasteiger charge is -2.35. The van der Waals surface area contributed by atoms with Gasteiger partial charge in [0.25, 0.3) is 0 Å². The number of hydrogen-bond donors (Lipinski definition) is 0. The van der Waals surface area contributed by atoms with Crippen molar-refractivity contribution in [2.24, 2.45) is 41.4 Å². The SMILES string of the molecule is CC1(OC(=O)COC(=O)C2CC3CC2C2C4C=CC(C4)C32)CCCCC1. The van der Waals surface area contributed by atoms with E-state index in [2.05, 4.69) is 12.2 Å². The molecule has 4 nitrogen and oxygen atoms in total. The topological polar surface area (TPSA) is 52.6 Å². The van der Waals surface area contributed by atoms with Gasteiger partial charge in [0.2, 0.25) is 0 Å². The molecule has 0 radical (unpaired) electrons. The van der Waals surface area contributed by atoms with Gasteiger partial charge in [0.05, 0.1) is 5.92 Å². The molecule has 7 atom stereocenters. The Kier molecular flexibility index (Phi) is 3.95. The summed E-state index contributed by atoms with van der Waals surface area (Å²) in [5.74, 6) is 3.59.